The number of nitro groups is 2. The van der Waals surface area contributed by atoms with Crippen LogP contribution in [0.4, 0.5) is 11.4 Å². The first-order valence-corrected chi connectivity index (χ1v) is 6.61. The highest BCUT2D eigenvalue weighted by atomic mass is 32.2. The first-order valence-electron chi connectivity index (χ1n) is 5.00. The molecule has 0 saturated heterocycles. The minimum Gasteiger partial charge on any atom is -0.286 e. The van der Waals surface area contributed by atoms with Crippen molar-refractivity contribution in [3.8, 4) is 0 Å². The predicted molar refractivity (Wildman–Crippen MR) is 64.6 cm³/mol. The Morgan fingerprint density at radius 3 is 1.95 bits per heavy atom. The Morgan fingerprint density at radius 2 is 1.63 bits per heavy atom. The number of rotatable bonds is 5. The molecule has 1 rings (SSSR count). The van der Waals surface area contributed by atoms with E-state index in [2.05, 4.69) is 0 Å². The van der Waals surface area contributed by atoms with E-state index in [1.54, 1.807) is 0 Å². The lowest BCUT2D eigenvalue weighted by atomic mass is 9.99. The smallest absolute Gasteiger partial charge is 0.279 e. The van der Waals surface area contributed by atoms with Crippen molar-refractivity contribution in [2.24, 2.45) is 0 Å². The normalized spacial score (nSPS) is 12.9. The lowest BCUT2D eigenvalue weighted by Gasteiger charge is -2.10. The molecule has 1 aromatic rings. The fraction of sp³-hybridized carbons (Fsp3) is 0.333. The summed E-state index contributed by atoms with van der Waals surface area (Å²) in [5.41, 5.74) is -1.43. The van der Waals surface area contributed by atoms with Crippen LogP contribution in [0.25, 0.3) is 0 Å². The van der Waals surface area contributed by atoms with Gasteiger partial charge in [0.05, 0.1) is 15.6 Å². The number of hydrogen-bond acceptors (Lipinski definition) is 6. The number of nitro benzene ring substituents is 2. The molecule has 0 aliphatic carbocycles. The van der Waals surface area contributed by atoms with Gasteiger partial charge in [0.15, 0.2) is 0 Å². The van der Waals surface area contributed by atoms with Crippen molar-refractivity contribution in [1.29, 1.82) is 0 Å². The summed E-state index contributed by atoms with van der Waals surface area (Å²) in [4.78, 5) is 20.0. The zero-order valence-electron chi connectivity index (χ0n) is 9.72. The Kier molecular flexibility index (Phi) is 4.17. The molecule has 0 aliphatic heterocycles. The second-order valence-electron chi connectivity index (χ2n) is 3.87. The molecule has 9 nitrogen and oxygen atoms in total. The average Bonchev–Trinajstić information content (AvgIpc) is 2.25. The molecule has 1 N–H and O–H groups in total. The van der Waals surface area contributed by atoms with Crippen molar-refractivity contribution >= 4 is 21.5 Å². The van der Waals surface area contributed by atoms with E-state index in [4.69, 9.17) is 4.55 Å². The molecule has 19 heavy (non-hydrogen) atoms. The first-order chi connectivity index (χ1) is 8.63. The Balaban J connectivity index is 3.44. The molecule has 10 heteroatoms. The molecule has 0 heterocycles. The summed E-state index contributed by atoms with van der Waals surface area (Å²) in [6.45, 7) is 1.25. The van der Waals surface area contributed by atoms with E-state index in [1.807, 2.05) is 0 Å². The van der Waals surface area contributed by atoms with Crippen LogP contribution < -0.4 is 0 Å². The van der Waals surface area contributed by atoms with Crippen LogP contribution in [-0.4, -0.2) is 28.6 Å². The Bertz CT molecular complexity index is 593. The number of benzene rings is 1. The van der Waals surface area contributed by atoms with Crippen molar-refractivity contribution in [2.75, 3.05) is 5.75 Å². The molecule has 1 unspecified atom stereocenters. The maximum Gasteiger partial charge on any atom is 0.279 e. The SMILES string of the molecule is CC(CS(=O)(=O)O)c1c([N+](=O)[O-])cccc1[N+](=O)[O-]. The Labute approximate surface area is 107 Å². The van der Waals surface area contributed by atoms with Crippen LogP contribution in [0.3, 0.4) is 0 Å². The van der Waals surface area contributed by atoms with Crippen LogP contribution in [0.2, 0.25) is 0 Å². The largest absolute Gasteiger partial charge is 0.286 e. The van der Waals surface area contributed by atoms with Crippen molar-refractivity contribution in [3.63, 3.8) is 0 Å². The fourth-order valence-corrected chi connectivity index (χ4v) is 2.56. The molecular weight excluding hydrogens is 280 g/mol. The van der Waals surface area contributed by atoms with Crippen LogP contribution in [0, 0.1) is 20.2 Å². The highest BCUT2D eigenvalue weighted by Gasteiger charge is 2.30. The van der Waals surface area contributed by atoms with Gasteiger partial charge >= 0.3 is 0 Å². The van der Waals surface area contributed by atoms with E-state index in [0.29, 0.717) is 0 Å². The molecule has 1 aromatic carbocycles. The molecular formula is C9H10N2O7S. The third-order valence-electron chi connectivity index (χ3n) is 2.41. The number of hydrogen-bond donors (Lipinski definition) is 1. The molecule has 0 fully saturated rings. The molecule has 1 atom stereocenters. The Hall–Kier alpha value is -2.07. The molecule has 104 valence electrons. The zero-order chi connectivity index (χ0) is 14.8. The zero-order valence-corrected chi connectivity index (χ0v) is 10.5. The van der Waals surface area contributed by atoms with Crippen molar-refractivity contribution in [1.82, 2.24) is 0 Å². The lowest BCUT2D eigenvalue weighted by molar-refractivity contribution is -0.395. The summed E-state index contributed by atoms with van der Waals surface area (Å²) < 4.78 is 30.3. The third kappa shape index (κ3) is 3.69. The molecule has 0 aliphatic rings. The standard InChI is InChI=1S/C9H10N2O7S/c1-6(5-19(16,17)18)9-7(10(12)13)3-2-4-8(9)11(14)15/h2-4,6H,5H2,1H3,(H,16,17,18). The minimum atomic E-state index is -4.40. The highest BCUT2D eigenvalue weighted by molar-refractivity contribution is 7.85. The van der Waals surface area contributed by atoms with E-state index in [1.165, 1.54) is 6.92 Å². The maximum atomic E-state index is 10.8. The van der Waals surface area contributed by atoms with E-state index in [9.17, 15) is 28.6 Å². The van der Waals surface area contributed by atoms with Gasteiger partial charge in [-0.2, -0.15) is 8.42 Å². The average molecular weight is 290 g/mol. The van der Waals surface area contributed by atoms with Crippen LogP contribution in [-0.2, 0) is 10.1 Å². The number of nitrogens with zero attached hydrogens (tertiary/aromatic N) is 2. The molecule has 0 amide bonds. The van der Waals surface area contributed by atoms with Crippen LogP contribution in [0.5, 0.6) is 0 Å². The maximum absolute atomic E-state index is 10.8. The van der Waals surface area contributed by atoms with Crippen LogP contribution >= 0.6 is 0 Å². The van der Waals surface area contributed by atoms with Gasteiger partial charge in [-0.05, 0) is 6.07 Å². The van der Waals surface area contributed by atoms with Gasteiger partial charge in [-0.3, -0.25) is 24.8 Å². The second-order valence-corrected chi connectivity index (χ2v) is 5.37. The third-order valence-corrected chi connectivity index (χ3v) is 3.33. The predicted octanol–water partition coefficient (Wildman–Crippen LogP) is 1.49. The van der Waals surface area contributed by atoms with Gasteiger partial charge in [0.1, 0.15) is 5.56 Å². The fourth-order valence-electron chi connectivity index (χ4n) is 1.76. The van der Waals surface area contributed by atoms with Gasteiger partial charge in [0.25, 0.3) is 21.5 Å². The molecule has 0 spiro atoms. The highest BCUT2D eigenvalue weighted by Crippen LogP contribution is 2.35. The summed E-state index contributed by atoms with van der Waals surface area (Å²) in [5, 5.41) is 21.7. The monoisotopic (exact) mass is 290 g/mol. The van der Waals surface area contributed by atoms with E-state index >= 15 is 0 Å². The topological polar surface area (TPSA) is 141 Å². The summed E-state index contributed by atoms with van der Waals surface area (Å²) in [6, 6.07) is 3.23. The summed E-state index contributed by atoms with van der Waals surface area (Å²) in [5.74, 6) is -1.92. The van der Waals surface area contributed by atoms with Gasteiger partial charge in [-0.15, -0.1) is 0 Å². The molecule has 0 bridgehead atoms. The van der Waals surface area contributed by atoms with Gasteiger partial charge in [0, 0.05) is 18.1 Å². The van der Waals surface area contributed by atoms with Crippen molar-refractivity contribution in [3.05, 3.63) is 44.0 Å². The van der Waals surface area contributed by atoms with Gasteiger partial charge < -0.3 is 0 Å². The molecule has 0 radical (unpaired) electrons. The van der Waals surface area contributed by atoms with Gasteiger partial charge in [0.2, 0.25) is 0 Å². The van der Waals surface area contributed by atoms with E-state index < -0.39 is 43.0 Å². The quantitative estimate of drug-likeness (QED) is 0.492. The molecule has 0 saturated carbocycles. The van der Waals surface area contributed by atoms with Gasteiger partial charge in [-0.25, -0.2) is 0 Å². The first kappa shape index (κ1) is 15.0. The van der Waals surface area contributed by atoms with Crippen molar-refractivity contribution < 1.29 is 22.8 Å². The molecule has 0 aromatic heterocycles. The lowest BCUT2D eigenvalue weighted by Crippen LogP contribution is -2.14. The summed E-state index contributed by atoms with van der Waals surface area (Å²) in [6.07, 6.45) is 0. The van der Waals surface area contributed by atoms with Crippen LogP contribution in [0.15, 0.2) is 18.2 Å². The van der Waals surface area contributed by atoms with Crippen LogP contribution in [0.1, 0.15) is 18.4 Å². The van der Waals surface area contributed by atoms with E-state index in [0.717, 1.165) is 18.2 Å². The minimum absolute atomic E-state index is 0.324. The Morgan fingerprint density at radius 1 is 1.21 bits per heavy atom. The summed E-state index contributed by atoms with van der Waals surface area (Å²) >= 11 is 0. The van der Waals surface area contributed by atoms with E-state index in [-0.39, 0.29) is 5.56 Å². The van der Waals surface area contributed by atoms with Crippen molar-refractivity contribution in [2.45, 2.75) is 12.8 Å². The van der Waals surface area contributed by atoms with Gasteiger partial charge in [-0.1, -0.05) is 6.92 Å². The second kappa shape index (κ2) is 5.28. The summed E-state index contributed by atoms with van der Waals surface area (Å²) in [7, 11) is -4.40.